The summed E-state index contributed by atoms with van der Waals surface area (Å²) in [4.78, 5) is 17.2. The number of carbonyl (C=O) groups is 1. The zero-order valence-corrected chi connectivity index (χ0v) is 16.7. The smallest absolute Gasteiger partial charge is 0.253 e. The van der Waals surface area contributed by atoms with Gasteiger partial charge in [-0.3, -0.25) is 4.79 Å². The number of hydrogen-bond donors (Lipinski definition) is 0. The topological polar surface area (TPSA) is 60.9 Å². The molecule has 0 aliphatic carbocycles. The SMILES string of the molecule is O=C([C@H]1CCCN1S(=O)(=O)c1cccs1)N1CCN(c2ccccc2)CC1. The summed E-state index contributed by atoms with van der Waals surface area (Å²) in [5.41, 5.74) is 1.16. The van der Waals surface area contributed by atoms with Crippen LogP contribution < -0.4 is 4.90 Å². The lowest BCUT2D eigenvalue weighted by molar-refractivity contribution is -0.134. The van der Waals surface area contributed by atoms with Gasteiger partial charge in [0.25, 0.3) is 10.0 Å². The Morgan fingerprint density at radius 2 is 1.70 bits per heavy atom. The number of piperazine rings is 1. The predicted molar refractivity (Wildman–Crippen MR) is 106 cm³/mol. The van der Waals surface area contributed by atoms with Gasteiger partial charge in [-0.05, 0) is 36.4 Å². The Labute approximate surface area is 164 Å². The van der Waals surface area contributed by atoms with E-state index in [9.17, 15) is 13.2 Å². The number of nitrogens with zero attached hydrogens (tertiary/aromatic N) is 3. The Balaban J connectivity index is 1.44. The number of para-hydroxylation sites is 1. The van der Waals surface area contributed by atoms with Gasteiger partial charge in [0.1, 0.15) is 10.3 Å². The van der Waals surface area contributed by atoms with Crippen molar-refractivity contribution in [3.63, 3.8) is 0 Å². The van der Waals surface area contributed by atoms with Gasteiger partial charge in [-0.15, -0.1) is 11.3 Å². The van der Waals surface area contributed by atoms with Crippen molar-refractivity contribution in [2.24, 2.45) is 0 Å². The van der Waals surface area contributed by atoms with Crippen LogP contribution >= 0.6 is 11.3 Å². The zero-order valence-electron chi connectivity index (χ0n) is 15.0. The van der Waals surface area contributed by atoms with E-state index >= 15 is 0 Å². The van der Waals surface area contributed by atoms with Crippen LogP contribution in [0.4, 0.5) is 5.69 Å². The molecule has 2 aromatic rings. The highest BCUT2D eigenvalue weighted by atomic mass is 32.2. The first kappa shape index (κ1) is 18.5. The van der Waals surface area contributed by atoms with Crippen molar-refractivity contribution >= 4 is 33.0 Å². The molecule has 8 heteroatoms. The molecule has 3 heterocycles. The van der Waals surface area contributed by atoms with E-state index in [2.05, 4.69) is 17.0 Å². The van der Waals surface area contributed by atoms with Crippen LogP contribution in [-0.2, 0) is 14.8 Å². The third-order valence-electron chi connectivity index (χ3n) is 5.26. The van der Waals surface area contributed by atoms with Gasteiger partial charge in [-0.2, -0.15) is 4.31 Å². The largest absolute Gasteiger partial charge is 0.368 e. The summed E-state index contributed by atoms with van der Waals surface area (Å²) in [5, 5.41) is 1.75. The molecule has 0 N–H and O–H groups in total. The molecule has 1 amide bonds. The van der Waals surface area contributed by atoms with Crippen LogP contribution in [0, 0.1) is 0 Å². The molecule has 2 aliphatic rings. The Hall–Kier alpha value is -1.90. The third-order valence-corrected chi connectivity index (χ3v) is 8.54. The van der Waals surface area contributed by atoms with E-state index in [0.29, 0.717) is 30.3 Å². The highest BCUT2D eigenvalue weighted by molar-refractivity contribution is 7.91. The van der Waals surface area contributed by atoms with E-state index in [4.69, 9.17) is 0 Å². The van der Waals surface area contributed by atoms with Crippen LogP contribution in [-0.4, -0.2) is 62.3 Å². The van der Waals surface area contributed by atoms with Gasteiger partial charge in [0, 0.05) is 38.4 Å². The van der Waals surface area contributed by atoms with E-state index in [1.54, 1.807) is 17.5 Å². The van der Waals surface area contributed by atoms with Crippen LogP contribution in [0.3, 0.4) is 0 Å². The minimum atomic E-state index is -3.59. The normalized spacial score (nSPS) is 21.6. The van der Waals surface area contributed by atoms with Crippen molar-refractivity contribution in [3.05, 3.63) is 47.8 Å². The van der Waals surface area contributed by atoms with Crippen molar-refractivity contribution in [1.82, 2.24) is 9.21 Å². The predicted octanol–water partition coefficient (Wildman–Crippen LogP) is 2.25. The summed E-state index contributed by atoms with van der Waals surface area (Å²) < 4.78 is 27.5. The molecule has 0 spiro atoms. The second-order valence-electron chi connectivity index (χ2n) is 6.85. The lowest BCUT2D eigenvalue weighted by Gasteiger charge is -2.38. The monoisotopic (exact) mass is 405 g/mol. The second kappa shape index (κ2) is 7.61. The fourth-order valence-electron chi connectivity index (χ4n) is 3.84. The maximum absolute atomic E-state index is 13.1. The summed E-state index contributed by atoms with van der Waals surface area (Å²) in [5.74, 6) is -0.0552. The molecule has 2 saturated heterocycles. The van der Waals surface area contributed by atoms with Crippen LogP contribution in [0.15, 0.2) is 52.1 Å². The number of benzene rings is 1. The number of thiophene rings is 1. The number of amides is 1. The van der Waals surface area contributed by atoms with Gasteiger partial charge < -0.3 is 9.80 Å². The van der Waals surface area contributed by atoms with E-state index in [1.165, 1.54) is 15.6 Å². The van der Waals surface area contributed by atoms with E-state index in [-0.39, 0.29) is 5.91 Å². The molecule has 0 unspecified atom stereocenters. The van der Waals surface area contributed by atoms with Gasteiger partial charge in [0.05, 0.1) is 0 Å². The molecule has 4 rings (SSSR count). The number of hydrogen-bond acceptors (Lipinski definition) is 5. The van der Waals surface area contributed by atoms with Crippen LogP contribution in [0.1, 0.15) is 12.8 Å². The van der Waals surface area contributed by atoms with Crippen LogP contribution in [0.2, 0.25) is 0 Å². The van der Waals surface area contributed by atoms with Crippen LogP contribution in [0.5, 0.6) is 0 Å². The van der Waals surface area contributed by atoms with E-state index in [0.717, 1.165) is 25.2 Å². The third kappa shape index (κ3) is 3.61. The molecule has 2 fully saturated rings. The van der Waals surface area contributed by atoms with E-state index < -0.39 is 16.1 Å². The van der Waals surface area contributed by atoms with E-state index in [1.807, 2.05) is 23.1 Å². The molecule has 27 heavy (non-hydrogen) atoms. The van der Waals surface area contributed by atoms with Gasteiger partial charge in [0.15, 0.2) is 0 Å². The molecule has 1 aromatic heterocycles. The first-order chi connectivity index (χ1) is 13.1. The fourth-order valence-corrected chi connectivity index (χ4v) is 6.61. The Morgan fingerprint density at radius 1 is 0.963 bits per heavy atom. The molecule has 0 saturated carbocycles. The zero-order chi connectivity index (χ0) is 18.9. The molecule has 2 aliphatic heterocycles. The minimum Gasteiger partial charge on any atom is -0.368 e. The lowest BCUT2D eigenvalue weighted by atomic mass is 10.1. The first-order valence-corrected chi connectivity index (χ1v) is 11.5. The maximum atomic E-state index is 13.1. The molecule has 1 atom stereocenters. The van der Waals surface area contributed by atoms with Crippen molar-refractivity contribution in [3.8, 4) is 0 Å². The minimum absolute atomic E-state index is 0.0552. The second-order valence-corrected chi connectivity index (χ2v) is 9.92. The quantitative estimate of drug-likeness (QED) is 0.783. The highest BCUT2D eigenvalue weighted by Crippen LogP contribution is 2.29. The average Bonchev–Trinajstić information content (AvgIpc) is 3.41. The fraction of sp³-hybridized carbons (Fsp3) is 0.421. The van der Waals surface area contributed by atoms with Gasteiger partial charge in [0.2, 0.25) is 5.91 Å². The number of sulfonamides is 1. The number of anilines is 1. The standard InChI is InChI=1S/C19H23N3O3S2/c23-19(21-13-11-20(12-14-21)16-6-2-1-3-7-16)17-8-4-10-22(17)27(24,25)18-9-5-15-26-18/h1-3,5-7,9,15,17H,4,8,10-14H2/t17-/m1/s1. The summed E-state index contributed by atoms with van der Waals surface area (Å²) >= 11 is 1.20. The van der Waals surface area contributed by atoms with Crippen molar-refractivity contribution in [2.75, 3.05) is 37.6 Å². The van der Waals surface area contributed by atoms with Gasteiger partial charge in [-0.25, -0.2) is 8.42 Å². The molecule has 144 valence electrons. The maximum Gasteiger partial charge on any atom is 0.253 e. The van der Waals surface area contributed by atoms with Crippen molar-refractivity contribution < 1.29 is 13.2 Å². The van der Waals surface area contributed by atoms with Crippen molar-refractivity contribution in [1.29, 1.82) is 0 Å². The Morgan fingerprint density at radius 3 is 2.37 bits per heavy atom. The molecule has 1 aromatic carbocycles. The van der Waals surface area contributed by atoms with Gasteiger partial charge >= 0.3 is 0 Å². The number of carbonyl (C=O) groups excluding carboxylic acids is 1. The average molecular weight is 406 g/mol. The van der Waals surface area contributed by atoms with Crippen LogP contribution in [0.25, 0.3) is 0 Å². The van der Waals surface area contributed by atoms with Crippen molar-refractivity contribution in [2.45, 2.75) is 23.1 Å². The summed E-state index contributed by atoms with van der Waals surface area (Å²) in [6, 6.07) is 12.9. The molecule has 0 bridgehead atoms. The highest BCUT2D eigenvalue weighted by Gasteiger charge is 2.41. The Bertz CT molecular complexity index is 876. The first-order valence-electron chi connectivity index (χ1n) is 9.21. The number of rotatable bonds is 4. The summed E-state index contributed by atoms with van der Waals surface area (Å²) in [6.07, 6.45) is 1.33. The lowest BCUT2D eigenvalue weighted by Crippen LogP contribution is -2.54. The molecular formula is C19H23N3O3S2. The molecule has 0 radical (unpaired) electrons. The molecule has 6 nitrogen and oxygen atoms in total. The molecular weight excluding hydrogens is 382 g/mol. The van der Waals surface area contributed by atoms with Gasteiger partial charge in [-0.1, -0.05) is 24.3 Å². The summed E-state index contributed by atoms with van der Waals surface area (Å²) in [7, 11) is -3.59. The summed E-state index contributed by atoms with van der Waals surface area (Å²) in [6.45, 7) is 3.19. The Kier molecular flexibility index (Phi) is 5.21.